The summed E-state index contributed by atoms with van der Waals surface area (Å²) in [6.45, 7) is 8.94. The molecule has 0 atom stereocenters. The molecule has 7 aromatic carbocycles. The molecule has 0 saturated carbocycles. The average Bonchev–Trinajstić information content (AvgIpc) is 2.93. The Bertz CT molecular complexity index is 2060. The van der Waals surface area contributed by atoms with Crippen molar-refractivity contribution in [3.05, 3.63) is 131 Å². The number of rotatable bonds is 2. The first-order valence-electron chi connectivity index (χ1n) is 13.5. The van der Waals surface area contributed by atoms with Gasteiger partial charge in [0.05, 0.1) is 0 Å². The van der Waals surface area contributed by atoms with Gasteiger partial charge in [0.1, 0.15) is 0 Å². The van der Waals surface area contributed by atoms with Crippen LogP contribution in [0.1, 0.15) is 22.3 Å². The summed E-state index contributed by atoms with van der Waals surface area (Å²) in [5.74, 6) is 0. The van der Waals surface area contributed by atoms with Gasteiger partial charge in [0.15, 0.2) is 0 Å². The van der Waals surface area contributed by atoms with Crippen LogP contribution in [0, 0.1) is 27.7 Å². The van der Waals surface area contributed by atoms with Gasteiger partial charge < -0.3 is 0 Å². The molecule has 0 amide bonds. The molecule has 0 fully saturated rings. The van der Waals surface area contributed by atoms with Crippen LogP contribution in [0.5, 0.6) is 0 Å². The van der Waals surface area contributed by atoms with Crippen molar-refractivity contribution >= 4 is 43.1 Å². The number of hydrogen-bond donors (Lipinski definition) is 0. The summed E-state index contributed by atoms with van der Waals surface area (Å²) in [6.07, 6.45) is 0. The molecule has 0 bridgehead atoms. The van der Waals surface area contributed by atoms with E-state index in [1.165, 1.54) is 87.6 Å². The zero-order valence-electron chi connectivity index (χ0n) is 22.4. The minimum atomic E-state index is 1.26. The lowest BCUT2D eigenvalue weighted by Crippen LogP contribution is -1.92. The van der Waals surface area contributed by atoms with Crippen molar-refractivity contribution in [1.82, 2.24) is 0 Å². The van der Waals surface area contributed by atoms with Crippen LogP contribution in [0.3, 0.4) is 0 Å². The van der Waals surface area contributed by atoms with Crippen LogP contribution in [0.15, 0.2) is 109 Å². The Balaban J connectivity index is 1.59. The molecule has 0 aliphatic rings. The minimum absolute atomic E-state index is 1.26. The normalized spacial score (nSPS) is 11.7. The standard InChI is InChI=1S/C38H30/c1-23-10-5-7-13-30(23)34-21-28(17-16-24(34)2)29-20-26(4)37-35(22-29)32-19-18-27-12-6-8-14-31(27)38(32)33-15-9-11-25(3)36(33)37/h5-22H,1-4H3. The maximum atomic E-state index is 2.43. The molecule has 0 spiro atoms. The molecule has 7 aromatic rings. The lowest BCUT2D eigenvalue weighted by Gasteiger charge is -2.18. The molecule has 0 aromatic heterocycles. The van der Waals surface area contributed by atoms with Crippen LogP contribution in [0.25, 0.3) is 65.3 Å². The maximum absolute atomic E-state index is 2.43. The molecule has 0 N–H and O–H groups in total. The van der Waals surface area contributed by atoms with Gasteiger partial charge >= 0.3 is 0 Å². The molecule has 38 heavy (non-hydrogen) atoms. The van der Waals surface area contributed by atoms with E-state index in [1.807, 2.05) is 0 Å². The van der Waals surface area contributed by atoms with Gasteiger partial charge in [-0.3, -0.25) is 0 Å². The summed E-state index contributed by atoms with van der Waals surface area (Å²) in [5, 5.41) is 10.7. The largest absolute Gasteiger partial charge is 0.0620 e. The highest BCUT2D eigenvalue weighted by molar-refractivity contribution is 6.32. The van der Waals surface area contributed by atoms with E-state index in [-0.39, 0.29) is 0 Å². The third-order valence-corrected chi connectivity index (χ3v) is 8.35. The van der Waals surface area contributed by atoms with Crippen LogP contribution in [-0.2, 0) is 0 Å². The van der Waals surface area contributed by atoms with Crippen molar-refractivity contribution < 1.29 is 0 Å². The summed E-state index contributed by atoms with van der Waals surface area (Å²) >= 11 is 0. The van der Waals surface area contributed by atoms with E-state index in [9.17, 15) is 0 Å². The zero-order chi connectivity index (χ0) is 26.0. The predicted molar refractivity (Wildman–Crippen MR) is 166 cm³/mol. The molecule has 0 saturated heterocycles. The van der Waals surface area contributed by atoms with Gasteiger partial charge in [-0.1, -0.05) is 97.1 Å². The second-order valence-corrected chi connectivity index (χ2v) is 10.8. The second-order valence-electron chi connectivity index (χ2n) is 10.8. The van der Waals surface area contributed by atoms with Crippen molar-refractivity contribution in [2.75, 3.05) is 0 Å². The Morgan fingerprint density at radius 1 is 0.342 bits per heavy atom. The highest BCUT2D eigenvalue weighted by atomic mass is 14.2. The summed E-state index contributed by atoms with van der Waals surface area (Å²) in [7, 11) is 0. The molecule has 182 valence electrons. The van der Waals surface area contributed by atoms with E-state index in [4.69, 9.17) is 0 Å². The molecule has 0 radical (unpaired) electrons. The van der Waals surface area contributed by atoms with E-state index < -0.39 is 0 Å². The Kier molecular flexibility index (Phi) is 5.13. The van der Waals surface area contributed by atoms with Crippen LogP contribution in [-0.4, -0.2) is 0 Å². The number of benzene rings is 7. The lowest BCUT2D eigenvalue weighted by atomic mass is 9.85. The van der Waals surface area contributed by atoms with Crippen molar-refractivity contribution in [1.29, 1.82) is 0 Å². The van der Waals surface area contributed by atoms with Crippen LogP contribution in [0.4, 0.5) is 0 Å². The number of fused-ring (bicyclic) bond motifs is 8. The van der Waals surface area contributed by atoms with E-state index in [1.54, 1.807) is 0 Å². The molecular formula is C38H30. The molecule has 7 rings (SSSR count). The highest BCUT2D eigenvalue weighted by Gasteiger charge is 2.16. The van der Waals surface area contributed by atoms with E-state index in [0.29, 0.717) is 0 Å². The predicted octanol–water partition coefficient (Wildman–Crippen LogP) is 10.9. The fourth-order valence-electron chi connectivity index (χ4n) is 6.46. The van der Waals surface area contributed by atoms with Gasteiger partial charge in [0, 0.05) is 0 Å². The van der Waals surface area contributed by atoms with Crippen LogP contribution in [0.2, 0.25) is 0 Å². The van der Waals surface area contributed by atoms with Crippen molar-refractivity contribution in [2.24, 2.45) is 0 Å². The molecule has 0 unspecified atom stereocenters. The zero-order valence-corrected chi connectivity index (χ0v) is 22.4. The quantitative estimate of drug-likeness (QED) is 0.213. The fraction of sp³-hybridized carbons (Fsp3) is 0.105. The molecule has 0 heterocycles. The monoisotopic (exact) mass is 486 g/mol. The fourth-order valence-corrected chi connectivity index (χ4v) is 6.46. The van der Waals surface area contributed by atoms with Crippen LogP contribution >= 0.6 is 0 Å². The summed E-state index contributed by atoms with van der Waals surface area (Å²) in [5.41, 5.74) is 10.4. The topological polar surface area (TPSA) is 0 Å². The molecule has 0 heteroatoms. The third-order valence-electron chi connectivity index (χ3n) is 8.35. The van der Waals surface area contributed by atoms with Crippen molar-refractivity contribution in [2.45, 2.75) is 27.7 Å². The number of hydrogen-bond acceptors (Lipinski definition) is 0. The third kappa shape index (κ3) is 3.37. The van der Waals surface area contributed by atoms with E-state index in [2.05, 4.69) is 137 Å². The van der Waals surface area contributed by atoms with Crippen molar-refractivity contribution in [3.8, 4) is 22.3 Å². The Morgan fingerprint density at radius 2 is 1.05 bits per heavy atom. The van der Waals surface area contributed by atoms with Crippen LogP contribution < -0.4 is 0 Å². The minimum Gasteiger partial charge on any atom is -0.0620 e. The Morgan fingerprint density at radius 3 is 1.92 bits per heavy atom. The first-order chi connectivity index (χ1) is 18.5. The molecule has 0 aliphatic heterocycles. The van der Waals surface area contributed by atoms with Gasteiger partial charge in [-0.15, -0.1) is 0 Å². The van der Waals surface area contributed by atoms with Gasteiger partial charge in [0.25, 0.3) is 0 Å². The van der Waals surface area contributed by atoms with E-state index >= 15 is 0 Å². The van der Waals surface area contributed by atoms with E-state index in [0.717, 1.165) is 0 Å². The lowest BCUT2D eigenvalue weighted by molar-refractivity contribution is 1.41. The summed E-state index contributed by atoms with van der Waals surface area (Å²) in [4.78, 5) is 0. The maximum Gasteiger partial charge on any atom is -0.00203 e. The van der Waals surface area contributed by atoms with Crippen molar-refractivity contribution in [3.63, 3.8) is 0 Å². The highest BCUT2D eigenvalue weighted by Crippen LogP contribution is 2.43. The van der Waals surface area contributed by atoms with Gasteiger partial charge in [-0.25, -0.2) is 0 Å². The summed E-state index contributed by atoms with van der Waals surface area (Å²) in [6, 6.07) is 40.6. The molecular weight excluding hydrogens is 456 g/mol. The van der Waals surface area contributed by atoms with Gasteiger partial charge in [-0.2, -0.15) is 0 Å². The van der Waals surface area contributed by atoms with Gasteiger partial charge in [-0.05, 0) is 127 Å². The Labute approximate surface area is 224 Å². The smallest absolute Gasteiger partial charge is 0.00203 e. The molecule has 0 nitrogen and oxygen atoms in total. The first-order valence-corrected chi connectivity index (χ1v) is 13.5. The Hall–Kier alpha value is -4.42. The molecule has 0 aliphatic carbocycles. The van der Waals surface area contributed by atoms with Gasteiger partial charge in [0.2, 0.25) is 0 Å². The second kappa shape index (κ2) is 8.57. The average molecular weight is 487 g/mol. The number of aryl methyl sites for hydroxylation is 4. The first kappa shape index (κ1) is 22.8. The summed E-state index contributed by atoms with van der Waals surface area (Å²) < 4.78 is 0. The SMILES string of the molecule is Cc1ccccc1-c1cc(-c2cc(C)c3c(c2)c2ccc4ccccc4c2c2cccc(C)c23)ccc1C.